The lowest BCUT2D eigenvalue weighted by Crippen LogP contribution is -2.48. The molecular weight excluding hydrogens is 521 g/mol. The van der Waals surface area contributed by atoms with Crippen molar-refractivity contribution < 1.29 is 4.79 Å². The van der Waals surface area contributed by atoms with Crippen LogP contribution >= 0.6 is 35.7 Å². The van der Waals surface area contributed by atoms with Crippen molar-refractivity contribution in [3.8, 4) is 0 Å². The predicted molar refractivity (Wildman–Crippen MR) is 142 cm³/mol. The Balaban J connectivity index is 0.00000341. The number of carbonyl (C=O) groups excluding carboxylic acids is 1. The van der Waals surface area contributed by atoms with Gasteiger partial charge in [-0.05, 0) is 43.9 Å². The van der Waals surface area contributed by atoms with Gasteiger partial charge in [-0.25, -0.2) is 4.99 Å². The Bertz CT molecular complexity index is 732. The summed E-state index contributed by atoms with van der Waals surface area (Å²) >= 11 is 2.08. The number of amides is 1. The van der Waals surface area contributed by atoms with Gasteiger partial charge in [0.1, 0.15) is 0 Å². The fourth-order valence-electron chi connectivity index (χ4n) is 4.27. The van der Waals surface area contributed by atoms with Gasteiger partial charge in [0.05, 0.1) is 12.5 Å². The van der Waals surface area contributed by atoms with Crippen molar-refractivity contribution in [1.29, 1.82) is 0 Å². The number of aliphatic imine (C=N–C) groups is 1. The third kappa shape index (κ3) is 8.13. The van der Waals surface area contributed by atoms with Crippen LogP contribution in [0.3, 0.4) is 0 Å². The van der Waals surface area contributed by atoms with Crippen molar-refractivity contribution >= 4 is 47.6 Å². The second kappa shape index (κ2) is 13.5. The molecule has 8 heteroatoms. The summed E-state index contributed by atoms with van der Waals surface area (Å²) in [4.78, 5) is 21.3. The molecule has 0 bridgehead atoms. The number of rotatable bonds is 7. The molecule has 0 aromatic heterocycles. The highest BCUT2D eigenvalue weighted by atomic mass is 127. The van der Waals surface area contributed by atoms with E-state index >= 15 is 0 Å². The Hall–Kier alpha value is -1.00. The number of likely N-dealkylation sites (tertiary alicyclic amines) is 1. The van der Waals surface area contributed by atoms with Crippen LogP contribution in [0.1, 0.15) is 44.2 Å². The molecule has 3 N–H and O–H groups in total. The minimum atomic E-state index is -0.167. The van der Waals surface area contributed by atoms with E-state index in [1.54, 1.807) is 0 Å². The van der Waals surface area contributed by atoms with Crippen molar-refractivity contribution in [1.82, 2.24) is 15.1 Å². The number of guanidine groups is 1. The number of primary amides is 1. The summed E-state index contributed by atoms with van der Waals surface area (Å²) in [6, 6.07) is 8.69. The maximum absolute atomic E-state index is 11.5. The minimum absolute atomic E-state index is 0. The molecule has 1 aromatic rings. The lowest BCUT2D eigenvalue weighted by Gasteiger charge is -2.34. The zero-order valence-electron chi connectivity index (χ0n) is 18.9. The largest absolute Gasteiger partial charge is 0.369 e. The molecule has 31 heavy (non-hydrogen) atoms. The van der Waals surface area contributed by atoms with Crippen LogP contribution in [-0.2, 0) is 17.9 Å². The number of piperidine rings is 1. The Morgan fingerprint density at radius 2 is 2.06 bits per heavy atom. The predicted octanol–water partition coefficient (Wildman–Crippen LogP) is 3.29. The fourth-order valence-corrected chi connectivity index (χ4v) is 5.45. The number of hydrogen-bond acceptors (Lipinski definition) is 4. The highest BCUT2D eigenvalue weighted by Gasteiger charge is 2.24. The number of nitrogens with zero attached hydrogens (tertiary/aromatic N) is 3. The average molecular weight is 560 g/mol. The van der Waals surface area contributed by atoms with Gasteiger partial charge in [0.15, 0.2) is 5.96 Å². The molecule has 2 fully saturated rings. The molecule has 0 spiro atoms. The second-order valence-corrected chi connectivity index (χ2v) is 9.72. The Morgan fingerprint density at radius 1 is 1.26 bits per heavy atom. The van der Waals surface area contributed by atoms with Gasteiger partial charge in [0, 0.05) is 43.7 Å². The summed E-state index contributed by atoms with van der Waals surface area (Å²) in [7, 11) is 0. The lowest BCUT2D eigenvalue weighted by molar-refractivity contribution is -0.123. The Labute approximate surface area is 208 Å². The van der Waals surface area contributed by atoms with Crippen molar-refractivity contribution in [3.05, 3.63) is 35.4 Å². The molecule has 0 saturated carbocycles. The fraction of sp³-hybridized carbons (Fsp3) is 0.652. The molecule has 0 radical (unpaired) electrons. The number of benzene rings is 1. The Kier molecular flexibility index (Phi) is 11.5. The van der Waals surface area contributed by atoms with Crippen LogP contribution in [0.15, 0.2) is 29.3 Å². The maximum atomic E-state index is 11.5. The summed E-state index contributed by atoms with van der Waals surface area (Å²) in [6.07, 6.45) is 3.16. The standard InChI is InChI=1S/C23H37N5OS.HI/c1-3-21-17-28(11-12-30-21)23(25-4-2)26-14-18-7-5-8-19(13-18)15-27-10-6-9-20(16-27)22(24)29;/h5,7-8,13,20-21H,3-4,6,9-12,14-17H2,1-2H3,(H2,24,29)(H,25,26);1H. The second-order valence-electron chi connectivity index (χ2n) is 8.31. The van der Waals surface area contributed by atoms with Crippen LogP contribution in [-0.4, -0.2) is 65.4 Å². The molecule has 2 aliphatic rings. The molecule has 2 atom stereocenters. The van der Waals surface area contributed by atoms with Gasteiger partial charge in [0.2, 0.25) is 5.91 Å². The lowest BCUT2D eigenvalue weighted by atomic mass is 9.97. The number of thioether (sulfide) groups is 1. The summed E-state index contributed by atoms with van der Waals surface area (Å²) in [5, 5.41) is 4.17. The van der Waals surface area contributed by atoms with Gasteiger partial charge < -0.3 is 16.0 Å². The van der Waals surface area contributed by atoms with Crippen LogP contribution in [0.2, 0.25) is 0 Å². The first-order valence-corrected chi connectivity index (χ1v) is 12.4. The third-order valence-electron chi connectivity index (χ3n) is 5.95. The molecule has 0 aliphatic carbocycles. The minimum Gasteiger partial charge on any atom is -0.369 e. The SMILES string of the molecule is CCNC(=NCc1cccc(CN2CCCC(C(N)=O)C2)c1)N1CCSC(CC)C1.I. The molecule has 174 valence electrons. The van der Waals surface area contributed by atoms with Crippen LogP contribution in [0.25, 0.3) is 0 Å². The van der Waals surface area contributed by atoms with Crippen molar-refractivity contribution in [2.24, 2.45) is 16.6 Å². The number of nitrogens with one attached hydrogen (secondary N) is 1. The molecule has 2 unspecified atom stereocenters. The first-order chi connectivity index (χ1) is 14.6. The zero-order chi connectivity index (χ0) is 21.3. The Morgan fingerprint density at radius 3 is 2.81 bits per heavy atom. The monoisotopic (exact) mass is 559 g/mol. The van der Waals surface area contributed by atoms with Crippen LogP contribution in [0, 0.1) is 5.92 Å². The molecule has 1 amide bonds. The summed E-state index contributed by atoms with van der Waals surface area (Å²) in [6.45, 7) is 10.8. The number of carbonyl (C=O) groups is 1. The van der Waals surface area contributed by atoms with Crippen LogP contribution < -0.4 is 11.1 Å². The molecule has 2 aliphatic heterocycles. The van der Waals surface area contributed by atoms with Gasteiger partial charge in [-0.2, -0.15) is 11.8 Å². The highest BCUT2D eigenvalue weighted by Crippen LogP contribution is 2.22. The number of halogens is 1. The molecular formula is C23H38IN5OS. The van der Waals surface area contributed by atoms with E-state index < -0.39 is 0 Å². The van der Waals surface area contributed by atoms with Gasteiger partial charge in [0.25, 0.3) is 0 Å². The summed E-state index contributed by atoms with van der Waals surface area (Å²) in [5.74, 6) is 2.02. The number of nitrogens with two attached hydrogens (primary N) is 1. The maximum Gasteiger partial charge on any atom is 0.221 e. The van der Waals surface area contributed by atoms with E-state index in [1.165, 1.54) is 23.3 Å². The van der Waals surface area contributed by atoms with Crippen LogP contribution in [0.4, 0.5) is 0 Å². The molecule has 2 heterocycles. The van der Waals surface area contributed by atoms with E-state index in [-0.39, 0.29) is 35.8 Å². The van der Waals surface area contributed by atoms with E-state index in [1.807, 2.05) is 0 Å². The van der Waals surface area contributed by atoms with Gasteiger partial charge >= 0.3 is 0 Å². The first-order valence-electron chi connectivity index (χ1n) is 11.3. The van der Waals surface area contributed by atoms with Gasteiger partial charge in [-0.3, -0.25) is 9.69 Å². The topological polar surface area (TPSA) is 74.0 Å². The number of hydrogen-bond donors (Lipinski definition) is 2. The quantitative estimate of drug-likeness (QED) is 0.305. The summed E-state index contributed by atoms with van der Waals surface area (Å²) in [5.41, 5.74) is 8.03. The van der Waals surface area contributed by atoms with E-state index in [0.29, 0.717) is 11.8 Å². The normalized spacial score (nSPS) is 22.6. The highest BCUT2D eigenvalue weighted by molar-refractivity contribution is 14.0. The van der Waals surface area contributed by atoms with E-state index in [4.69, 9.17) is 10.7 Å². The van der Waals surface area contributed by atoms with Crippen molar-refractivity contribution in [3.63, 3.8) is 0 Å². The molecule has 3 rings (SSSR count). The molecule has 2 saturated heterocycles. The molecule has 6 nitrogen and oxygen atoms in total. The average Bonchev–Trinajstić information content (AvgIpc) is 2.77. The van der Waals surface area contributed by atoms with Gasteiger partial charge in [-0.1, -0.05) is 31.2 Å². The third-order valence-corrected chi connectivity index (χ3v) is 7.32. The first kappa shape index (κ1) is 26.3. The van der Waals surface area contributed by atoms with Crippen LogP contribution in [0.5, 0.6) is 0 Å². The van der Waals surface area contributed by atoms with E-state index in [9.17, 15) is 4.79 Å². The zero-order valence-corrected chi connectivity index (χ0v) is 22.0. The van der Waals surface area contributed by atoms with Crippen molar-refractivity contribution in [2.75, 3.05) is 38.5 Å². The molecule has 1 aromatic carbocycles. The smallest absolute Gasteiger partial charge is 0.221 e. The summed E-state index contributed by atoms with van der Waals surface area (Å²) < 4.78 is 0. The van der Waals surface area contributed by atoms with E-state index in [2.05, 4.69) is 65.0 Å². The van der Waals surface area contributed by atoms with Crippen molar-refractivity contribution in [2.45, 2.75) is 51.4 Å². The van der Waals surface area contributed by atoms with E-state index in [0.717, 1.165) is 58.1 Å². The van der Waals surface area contributed by atoms with Gasteiger partial charge in [-0.15, -0.1) is 24.0 Å².